The lowest BCUT2D eigenvalue weighted by Gasteiger charge is -2.36. The summed E-state index contributed by atoms with van der Waals surface area (Å²) in [4.78, 5) is 23.3. The molecule has 0 radical (unpaired) electrons. The first kappa shape index (κ1) is 22.8. The van der Waals surface area contributed by atoms with Crippen LogP contribution in [0.2, 0.25) is 0 Å². The summed E-state index contributed by atoms with van der Waals surface area (Å²) in [5, 5.41) is 9.03. The van der Waals surface area contributed by atoms with E-state index in [2.05, 4.69) is 46.1 Å². The minimum absolute atomic E-state index is 0.0113. The largest absolute Gasteiger partial charge is 0.353 e. The zero-order chi connectivity index (χ0) is 24.2. The third-order valence-corrected chi connectivity index (χ3v) is 8.98. The van der Waals surface area contributed by atoms with Crippen LogP contribution in [0.1, 0.15) is 70.1 Å². The summed E-state index contributed by atoms with van der Waals surface area (Å²) >= 11 is 0. The second-order valence-corrected chi connectivity index (χ2v) is 11.8. The molecule has 0 bridgehead atoms. The molecule has 3 heterocycles. The highest BCUT2D eigenvalue weighted by molar-refractivity contribution is 6.02. The maximum absolute atomic E-state index is 13.7. The van der Waals surface area contributed by atoms with Gasteiger partial charge in [0.05, 0.1) is 11.1 Å². The highest BCUT2D eigenvalue weighted by Gasteiger charge is 2.52. The van der Waals surface area contributed by atoms with Crippen molar-refractivity contribution in [3.8, 4) is 11.4 Å². The Balaban J connectivity index is 1.29. The van der Waals surface area contributed by atoms with E-state index in [9.17, 15) is 9.32 Å². The Kier molecular flexibility index (Phi) is 5.51. The minimum Gasteiger partial charge on any atom is -0.353 e. The van der Waals surface area contributed by atoms with Crippen molar-refractivity contribution in [3.63, 3.8) is 0 Å². The summed E-state index contributed by atoms with van der Waals surface area (Å²) in [6, 6.07) is 8.26. The SMILES string of the molecule is CC1(C)CCc2c(-c3cc4ccc(N5CCC(COF)(C6CCCCC6)C5=O)cc4[nH]3)n[nH]c2C1. The van der Waals surface area contributed by atoms with E-state index in [1.54, 1.807) is 0 Å². The second kappa shape index (κ2) is 8.47. The predicted molar refractivity (Wildman–Crippen MR) is 135 cm³/mol. The molecule has 2 aliphatic carbocycles. The maximum atomic E-state index is 13.7. The van der Waals surface area contributed by atoms with Crippen LogP contribution in [0, 0.1) is 16.7 Å². The summed E-state index contributed by atoms with van der Waals surface area (Å²) in [5.41, 5.74) is 5.96. The zero-order valence-electron chi connectivity index (χ0n) is 20.8. The molecule has 1 saturated heterocycles. The van der Waals surface area contributed by atoms with Crippen LogP contribution < -0.4 is 4.90 Å². The molecule has 6 rings (SSSR count). The lowest BCUT2D eigenvalue weighted by molar-refractivity contribution is -0.179. The third kappa shape index (κ3) is 3.79. The van der Waals surface area contributed by atoms with Crippen molar-refractivity contribution in [2.75, 3.05) is 18.1 Å². The lowest BCUT2D eigenvalue weighted by Crippen LogP contribution is -2.44. The number of anilines is 1. The van der Waals surface area contributed by atoms with E-state index in [4.69, 9.17) is 0 Å². The first-order valence-corrected chi connectivity index (χ1v) is 13.1. The van der Waals surface area contributed by atoms with E-state index in [1.807, 2.05) is 17.0 Å². The van der Waals surface area contributed by atoms with E-state index < -0.39 is 5.41 Å². The Morgan fingerprint density at radius 3 is 2.80 bits per heavy atom. The van der Waals surface area contributed by atoms with Gasteiger partial charge in [0.1, 0.15) is 12.3 Å². The number of H-pyrrole nitrogens is 2. The van der Waals surface area contributed by atoms with Crippen LogP contribution in [0.4, 0.5) is 10.2 Å². The molecule has 1 atom stereocenters. The van der Waals surface area contributed by atoms with Gasteiger partial charge in [-0.05, 0) is 72.6 Å². The number of benzene rings is 1. The van der Waals surface area contributed by atoms with Gasteiger partial charge in [-0.1, -0.05) is 39.2 Å². The number of halogens is 1. The van der Waals surface area contributed by atoms with Gasteiger partial charge >= 0.3 is 0 Å². The number of amides is 1. The molecule has 1 unspecified atom stereocenters. The second-order valence-electron chi connectivity index (χ2n) is 11.8. The number of fused-ring (bicyclic) bond motifs is 2. The fourth-order valence-electron chi connectivity index (χ4n) is 6.90. The van der Waals surface area contributed by atoms with E-state index in [0.29, 0.717) is 18.4 Å². The Hall–Kier alpha value is -2.67. The Morgan fingerprint density at radius 1 is 1.17 bits per heavy atom. The zero-order valence-corrected chi connectivity index (χ0v) is 20.8. The molecule has 3 aliphatic rings. The number of aromatic amines is 2. The molecule has 35 heavy (non-hydrogen) atoms. The van der Waals surface area contributed by atoms with Crippen LogP contribution in [0.15, 0.2) is 24.3 Å². The summed E-state index contributed by atoms with van der Waals surface area (Å²) in [5.74, 6) is 0.207. The van der Waals surface area contributed by atoms with Crippen molar-refractivity contribution in [2.45, 2.75) is 71.6 Å². The van der Waals surface area contributed by atoms with E-state index in [-0.39, 0.29) is 18.4 Å². The van der Waals surface area contributed by atoms with Crippen LogP contribution in [0.3, 0.4) is 0 Å². The van der Waals surface area contributed by atoms with Crippen molar-refractivity contribution in [3.05, 3.63) is 35.5 Å². The van der Waals surface area contributed by atoms with Crippen LogP contribution in [-0.4, -0.2) is 34.2 Å². The number of hydrogen-bond acceptors (Lipinski definition) is 3. The first-order chi connectivity index (χ1) is 16.9. The molecule has 1 saturated carbocycles. The van der Waals surface area contributed by atoms with Crippen LogP contribution in [-0.2, 0) is 22.6 Å². The van der Waals surface area contributed by atoms with Crippen molar-refractivity contribution in [2.24, 2.45) is 16.7 Å². The molecule has 0 spiro atoms. The van der Waals surface area contributed by atoms with Crippen molar-refractivity contribution in [1.82, 2.24) is 15.2 Å². The molecule has 2 N–H and O–H groups in total. The average molecular weight is 479 g/mol. The van der Waals surface area contributed by atoms with Gasteiger partial charge in [0.15, 0.2) is 0 Å². The fraction of sp³-hybridized carbons (Fsp3) is 0.571. The van der Waals surface area contributed by atoms with Gasteiger partial charge in [0.2, 0.25) is 5.91 Å². The third-order valence-electron chi connectivity index (χ3n) is 8.98. The smallest absolute Gasteiger partial charge is 0.236 e. The number of aromatic nitrogens is 3. The lowest BCUT2D eigenvalue weighted by atomic mass is 9.68. The molecule has 3 aromatic rings. The molecule has 2 aromatic heterocycles. The van der Waals surface area contributed by atoms with E-state index in [1.165, 1.54) is 17.7 Å². The first-order valence-electron chi connectivity index (χ1n) is 13.1. The highest BCUT2D eigenvalue weighted by atomic mass is 19.3. The topological polar surface area (TPSA) is 74.0 Å². The van der Waals surface area contributed by atoms with Gasteiger partial charge in [-0.15, -0.1) is 0 Å². The molecule has 1 aliphatic heterocycles. The Labute approximate surface area is 205 Å². The highest BCUT2D eigenvalue weighted by Crippen LogP contribution is 2.47. The summed E-state index contributed by atoms with van der Waals surface area (Å²) in [7, 11) is 0. The van der Waals surface area contributed by atoms with E-state index in [0.717, 1.165) is 72.9 Å². The van der Waals surface area contributed by atoms with Crippen molar-refractivity contribution >= 4 is 22.5 Å². The monoisotopic (exact) mass is 478 g/mol. The number of hydrogen-bond donors (Lipinski definition) is 2. The quantitative estimate of drug-likeness (QED) is 0.453. The number of rotatable bonds is 5. The number of nitrogens with zero attached hydrogens (tertiary/aromatic N) is 2. The van der Waals surface area contributed by atoms with Gasteiger partial charge in [0.25, 0.3) is 0 Å². The normalized spacial score (nSPS) is 24.9. The number of nitrogens with one attached hydrogen (secondary N) is 2. The molecule has 2 fully saturated rings. The van der Waals surface area contributed by atoms with Crippen LogP contribution >= 0.6 is 0 Å². The maximum Gasteiger partial charge on any atom is 0.236 e. The molecule has 1 amide bonds. The van der Waals surface area contributed by atoms with Crippen LogP contribution in [0.25, 0.3) is 22.3 Å². The molecule has 1 aromatic carbocycles. The Bertz CT molecular complexity index is 1260. The van der Waals surface area contributed by atoms with E-state index >= 15 is 0 Å². The average Bonchev–Trinajstić information content (AvgIpc) is 3.54. The predicted octanol–water partition coefficient (Wildman–Crippen LogP) is 6.28. The van der Waals surface area contributed by atoms with Gasteiger partial charge in [0, 0.05) is 34.4 Å². The summed E-state index contributed by atoms with van der Waals surface area (Å²) < 4.78 is 13.2. The Morgan fingerprint density at radius 2 is 2.00 bits per heavy atom. The number of carbonyl (C=O) groups is 1. The minimum atomic E-state index is -0.743. The van der Waals surface area contributed by atoms with Crippen LogP contribution in [0.5, 0.6) is 0 Å². The van der Waals surface area contributed by atoms with Crippen molar-refractivity contribution in [1.29, 1.82) is 0 Å². The molecular weight excluding hydrogens is 443 g/mol. The fourth-order valence-corrected chi connectivity index (χ4v) is 6.90. The number of carbonyl (C=O) groups excluding carboxylic acids is 1. The van der Waals surface area contributed by atoms with Crippen molar-refractivity contribution < 1.29 is 14.3 Å². The molecule has 186 valence electrons. The van der Waals surface area contributed by atoms with Gasteiger partial charge in [-0.3, -0.25) is 9.89 Å². The summed E-state index contributed by atoms with van der Waals surface area (Å²) in [6.07, 6.45) is 9.21. The van der Waals surface area contributed by atoms with Gasteiger partial charge in [-0.2, -0.15) is 10.0 Å². The summed E-state index contributed by atoms with van der Waals surface area (Å²) in [6.45, 7) is 5.08. The molecule has 7 heteroatoms. The standard InChI is InChI=1S/C28H35FN4O2/c1-27(2)11-10-21-24(16-27)31-32-25(21)23-14-18-8-9-20(15-22(18)30-23)33-13-12-28(17-35-29,26(33)34)19-6-4-3-5-7-19/h8-9,14-15,19,30H,3-7,10-13,16-17H2,1-2H3,(H,31,32). The molecular formula is C28H35FN4O2. The molecule has 6 nitrogen and oxygen atoms in total. The van der Waals surface area contributed by atoms with Gasteiger partial charge in [-0.25, -0.2) is 0 Å². The van der Waals surface area contributed by atoms with Gasteiger partial charge < -0.3 is 9.88 Å².